The molecule has 6 nitrogen and oxygen atoms in total. The highest BCUT2D eigenvalue weighted by molar-refractivity contribution is 6.03. The number of benzene rings is 1. The van der Waals surface area contributed by atoms with E-state index in [0.29, 0.717) is 6.42 Å². The van der Waals surface area contributed by atoms with Gasteiger partial charge in [0.15, 0.2) is 0 Å². The number of aromatic nitrogens is 3. The van der Waals surface area contributed by atoms with Crippen molar-refractivity contribution in [3.63, 3.8) is 0 Å². The summed E-state index contributed by atoms with van der Waals surface area (Å²) in [5.41, 5.74) is 3.68. The second-order valence-electron chi connectivity index (χ2n) is 5.67. The second-order valence-corrected chi connectivity index (χ2v) is 5.67. The van der Waals surface area contributed by atoms with Crippen LogP contribution in [0.1, 0.15) is 27.3 Å². The van der Waals surface area contributed by atoms with Gasteiger partial charge < -0.3 is 5.32 Å². The molecule has 2 aromatic heterocycles. The smallest absolute Gasteiger partial charge is 0.273 e. The summed E-state index contributed by atoms with van der Waals surface area (Å²) in [6, 6.07) is 13.0. The number of aromatic amines is 1. The predicted molar refractivity (Wildman–Crippen MR) is 92.2 cm³/mol. The molecule has 0 aliphatic heterocycles. The summed E-state index contributed by atoms with van der Waals surface area (Å²) in [6.07, 6.45) is 2.45. The number of hydrogen-bond donors (Lipinski definition) is 2. The van der Waals surface area contributed by atoms with Crippen molar-refractivity contribution >= 4 is 11.6 Å². The number of hydrogen-bond acceptors (Lipinski definition) is 3. The lowest BCUT2D eigenvalue weighted by Crippen LogP contribution is -2.16. The summed E-state index contributed by atoms with van der Waals surface area (Å²) in [5, 5.41) is 5.39. The van der Waals surface area contributed by atoms with Crippen LogP contribution in [0.15, 0.2) is 53.5 Å². The SMILES string of the molecule is Cc1ccc(Cc2ccccn2)cc1NC(=O)c1cc(=O)[nH]n1C. The summed E-state index contributed by atoms with van der Waals surface area (Å²) in [7, 11) is 1.63. The van der Waals surface area contributed by atoms with Crippen molar-refractivity contribution in [2.45, 2.75) is 13.3 Å². The highest BCUT2D eigenvalue weighted by atomic mass is 16.2. The third-order valence-corrected chi connectivity index (χ3v) is 3.80. The molecule has 2 heterocycles. The third kappa shape index (κ3) is 3.43. The zero-order valence-electron chi connectivity index (χ0n) is 13.5. The van der Waals surface area contributed by atoms with E-state index in [1.165, 1.54) is 10.7 Å². The molecule has 0 aliphatic rings. The van der Waals surface area contributed by atoms with Crippen LogP contribution in [-0.4, -0.2) is 20.7 Å². The van der Waals surface area contributed by atoms with E-state index in [0.717, 1.165) is 22.5 Å². The Labute approximate surface area is 139 Å². The molecule has 0 atom stereocenters. The van der Waals surface area contributed by atoms with E-state index in [2.05, 4.69) is 15.4 Å². The minimum absolute atomic E-state index is 0.287. The Bertz CT molecular complexity index is 926. The standard InChI is InChI=1S/C18H18N4O2/c1-12-6-7-13(9-14-5-3-4-8-19-14)10-15(12)20-18(24)16-11-17(23)21-22(16)2/h3-8,10-11H,9H2,1-2H3,(H,20,24)(H,21,23). The summed E-state index contributed by atoms with van der Waals surface area (Å²) in [4.78, 5) is 28.0. The molecule has 122 valence electrons. The fourth-order valence-electron chi connectivity index (χ4n) is 2.51. The van der Waals surface area contributed by atoms with E-state index in [1.54, 1.807) is 13.2 Å². The van der Waals surface area contributed by atoms with Gasteiger partial charge in [-0.25, -0.2) is 0 Å². The van der Waals surface area contributed by atoms with Crippen molar-refractivity contribution in [3.8, 4) is 0 Å². The van der Waals surface area contributed by atoms with Gasteiger partial charge in [0.1, 0.15) is 5.69 Å². The van der Waals surface area contributed by atoms with E-state index in [4.69, 9.17) is 0 Å². The molecule has 0 spiro atoms. The first-order valence-electron chi connectivity index (χ1n) is 7.60. The van der Waals surface area contributed by atoms with Gasteiger partial charge >= 0.3 is 0 Å². The van der Waals surface area contributed by atoms with Crippen LogP contribution in [0.4, 0.5) is 5.69 Å². The number of nitrogens with one attached hydrogen (secondary N) is 2. The monoisotopic (exact) mass is 322 g/mol. The summed E-state index contributed by atoms with van der Waals surface area (Å²) >= 11 is 0. The lowest BCUT2D eigenvalue weighted by atomic mass is 10.1. The Morgan fingerprint density at radius 2 is 2.08 bits per heavy atom. The molecule has 24 heavy (non-hydrogen) atoms. The average molecular weight is 322 g/mol. The first-order valence-corrected chi connectivity index (χ1v) is 7.60. The van der Waals surface area contributed by atoms with Crippen LogP contribution in [0.2, 0.25) is 0 Å². The molecule has 0 unspecified atom stereocenters. The maximum atomic E-state index is 12.4. The molecule has 3 aromatic rings. The van der Waals surface area contributed by atoms with Gasteiger partial charge in [-0.3, -0.25) is 24.4 Å². The van der Waals surface area contributed by atoms with E-state index >= 15 is 0 Å². The normalized spacial score (nSPS) is 10.6. The third-order valence-electron chi connectivity index (χ3n) is 3.80. The summed E-state index contributed by atoms with van der Waals surface area (Å²) in [5.74, 6) is -0.325. The van der Waals surface area contributed by atoms with Gasteiger partial charge in [0.25, 0.3) is 11.5 Å². The minimum atomic E-state index is -0.325. The van der Waals surface area contributed by atoms with Gasteiger partial charge in [0, 0.05) is 37.1 Å². The van der Waals surface area contributed by atoms with Crippen LogP contribution in [0.5, 0.6) is 0 Å². The zero-order chi connectivity index (χ0) is 17.1. The lowest BCUT2D eigenvalue weighted by Gasteiger charge is -2.11. The molecular formula is C18H18N4O2. The van der Waals surface area contributed by atoms with Crippen LogP contribution < -0.4 is 10.9 Å². The largest absolute Gasteiger partial charge is 0.320 e. The number of aryl methyl sites for hydroxylation is 2. The molecule has 1 amide bonds. The Kier molecular flexibility index (Phi) is 4.29. The minimum Gasteiger partial charge on any atom is -0.320 e. The summed E-state index contributed by atoms with van der Waals surface area (Å²) < 4.78 is 1.41. The number of pyridine rings is 1. The molecule has 0 saturated heterocycles. The Morgan fingerprint density at radius 1 is 1.25 bits per heavy atom. The fourth-order valence-corrected chi connectivity index (χ4v) is 2.51. The van der Waals surface area contributed by atoms with Crippen molar-refractivity contribution < 1.29 is 4.79 Å². The van der Waals surface area contributed by atoms with Gasteiger partial charge in [-0.15, -0.1) is 0 Å². The zero-order valence-corrected chi connectivity index (χ0v) is 13.5. The van der Waals surface area contributed by atoms with Crippen LogP contribution in [0, 0.1) is 6.92 Å². The first kappa shape index (κ1) is 15.7. The highest BCUT2D eigenvalue weighted by Gasteiger charge is 2.13. The highest BCUT2D eigenvalue weighted by Crippen LogP contribution is 2.19. The molecule has 0 radical (unpaired) electrons. The van der Waals surface area contributed by atoms with E-state index in [1.807, 2.05) is 43.3 Å². The van der Waals surface area contributed by atoms with E-state index < -0.39 is 0 Å². The lowest BCUT2D eigenvalue weighted by molar-refractivity contribution is 0.101. The topological polar surface area (TPSA) is 79.8 Å². The number of amides is 1. The first-order chi connectivity index (χ1) is 11.5. The number of nitrogens with zero attached hydrogens (tertiary/aromatic N) is 2. The summed E-state index contributed by atoms with van der Waals surface area (Å²) in [6.45, 7) is 1.93. The number of anilines is 1. The van der Waals surface area contributed by atoms with E-state index in [9.17, 15) is 9.59 Å². The Balaban J connectivity index is 1.83. The average Bonchev–Trinajstić information content (AvgIpc) is 2.90. The fraction of sp³-hybridized carbons (Fsp3) is 0.167. The molecule has 0 bridgehead atoms. The number of rotatable bonds is 4. The quantitative estimate of drug-likeness (QED) is 0.773. The molecule has 6 heteroatoms. The maximum Gasteiger partial charge on any atom is 0.273 e. The van der Waals surface area contributed by atoms with Crippen molar-refractivity contribution in [3.05, 3.63) is 81.5 Å². The van der Waals surface area contributed by atoms with Crippen molar-refractivity contribution in [2.75, 3.05) is 5.32 Å². The number of carbonyl (C=O) groups is 1. The van der Waals surface area contributed by atoms with Gasteiger partial charge in [-0.1, -0.05) is 18.2 Å². The molecular weight excluding hydrogens is 304 g/mol. The van der Waals surface area contributed by atoms with Gasteiger partial charge in [-0.05, 0) is 36.2 Å². The number of carbonyl (C=O) groups excluding carboxylic acids is 1. The second kappa shape index (κ2) is 6.54. The van der Waals surface area contributed by atoms with E-state index in [-0.39, 0.29) is 17.2 Å². The van der Waals surface area contributed by atoms with Crippen molar-refractivity contribution in [1.82, 2.24) is 14.8 Å². The molecule has 0 aliphatic carbocycles. The van der Waals surface area contributed by atoms with Gasteiger partial charge in [-0.2, -0.15) is 0 Å². The molecule has 0 saturated carbocycles. The van der Waals surface area contributed by atoms with Crippen LogP contribution in [-0.2, 0) is 13.5 Å². The molecule has 0 fully saturated rings. The van der Waals surface area contributed by atoms with Crippen LogP contribution in [0.3, 0.4) is 0 Å². The number of H-pyrrole nitrogens is 1. The predicted octanol–water partition coefficient (Wildman–Crippen LogP) is 2.26. The molecule has 2 N–H and O–H groups in total. The van der Waals surface area contributed by atoms with Crippen LogP contribution in [0.25, 0.3) is 0 Å². The van der Waals surface area contributed by atoms with Crippen LogP contribution >= 0.6 is 0 Å². The maximum absolute atomic E-state index is 12.4. The Morgan fingerprint density at radius 3 is 2.75 bits per heavy atom. The molecule has 3 rings (SSSR count). The van der Waals surface area contributed by atoms with Crippen molar-refractivity contribution in [1.29, 1.82) is 0 Å². The molecule has 1 aromatic carbocycles. The van der Waals surface area contributed by atoms with Crippen molar-refractivity contribution in [2.24, 2.45) is 7.05 Å². The van der Waals surface area contributed by atoms with Gasteiger partial charge in [0.05, 0.1) is 0 Å². The van der Waals surface area contributed by atoms with Gasteiger partial charge in [0.2, 0.25) is 0 Å². The Hall–Kier alpha value is -3.15.